The number of rotatable bonds is 1. The van der Waals surface area contributed by atoms with Crippen LogP contribution in [0.15, 0.2) is 12.1 Å². The molecule has 0 saturated heterocycles. The third-order valence-electron chi connectivity index (χ3n) is 1.80. The Morgan fingerprint density at radius 1 is 1.50 bits per heavy atom. The number of aliphatic hydroxyl groups is 1. The molecule has 66 valence electrons. The van der Waals surface area contributed by atoms with Crippen molar-refractivity contribution in [3.8, 4) is 0 Å². The fourth-order valence-corrected chi connectivity index (χ4v) is 1.15. The minimum absolute atomic E-state index is 0.289. The molecule has 1 aromatic carbocycles. The monoisotopic (exact) mass is 188 g/mol. The first-order chi connectivity index (χ1) is 5.54. The molecule has 0 aromatic heterocycles. The second kappa shape index (κ2) is 3.42. The van der Waals surface area contributed by atoms with Crippen LogP contribution in [0.25, 0.3) is 0 Å². The van der Waals surface area contributed by atoms with E-state index in [-0.39, 0.29) is 5.56 Å². The zero-order valence-corrected chi connectivity index (χ0v) is 7.69. The molecule has 1 atom stereocenters. The normalized spacial score (nSPS) is 13.1. The predicted molar refractivity (Wildman–Crippen MR) is 46.8 cm³/mol. The lowest BCUT2D eigenvalue weighted by Crippen LogP contribution is -1.98. The lowest BCUT2D eigenvalue weighted by atomic mass is 10.1. The van der Waals surface area contributed by atoms with E-state index in [0.717, 1.165) is 0 Å². The maximum atomic E-state index is 13.3. The summed E-state index contributed by atoms with van der Waals surface area (Å²) in [6.45, 7) is 3.11. The molecule has 1 N–H and O–H groups in total. The minimum atomic E-state index is -0.791. The summed E-state index contributed by atoms with van der Waals surface area (Å²) in [5, 5.41) is 9.52. The second-order valence-electron chi connectivity index (χ2n) is 2.75. The molecule has 0 aliphatic carbocycles. The van der Waals surface area contributed by atoms with E-state index in [0.29, 0.717) is 10.6 Å². The van der Waals surface area contributed by atoms with Gasteiger partial charge in [0.05, 0.1) is 6.10 Å². The fraction of sp³-hybridized carbons (Fsp3) is 0.333. The van der Waals surface area contributed by atoms with E-state index < -0.39 is 11.9 Å². The van der Waals surface area contributed by atoms with Gasteiger partial charge in [-0.05, 0) is 19.9 Å². The van der Waals surface area contributed by atoms with Gasteiger partial charge in [0.15, 0.2) is 0 Å². The van der Waals surface area contributed by atoms with Gasteiger partial charge in [0, 0.05) is 16.1 Å². The first-order valence-electron chi connectivity index (χ1n) is 3.66. The number of hydrogen-bond donors (Lipinski definition) is 1. The van der Waals surface area contributed by atoms with Gasteiger partial charge in [-0.25, -0.2) is 4.39 Å². The van der Waals surface area contributed by atoms with Crippen LogP contribution in [0.3, 0.4) is 0 Å². The van der Waals surface area contributed by atoms with Gasteiger partial charge in [-0.15, -0.1) is 0 Å². The van der Waals surface area contributed by atoms with Gasteiger partial charge in [-0.1, -0.05) is 17.7 Å². The molecule has 1 unspecified atom stereocenters. The average molecular weight is 189 g/mol. The molecule has 1 aromatic rings. The maximum Gasteiger partial charge on any atom is 0.133 e. The Bertz CT molecular complexity index is 297. The van der Waals surface area contributed by atoms with Gasteiger partial charge in [0.2, 0.25) is 0 Å². The molecule has 0 heterocycles. The van der Waals surface area contributed by atoms with E-state index in [4.69, 9.17) is 16.7 Å². The zero-order chi connectivity index (χ0) is 9.30. The summed E-state index contributed by atoms with van der Waals surface area (Å²) < 4.78 is 13.3. The first kappa shape index (κ1) is 9.49. The van der Waals surface area contributed by atoms with Crippen molar-refractivity contribution in [3.63, 3.8) is 0 Å². The molecule has 1 rings (SSSR count). The minimum Gasteiger partial charge on any atom is -0.389 e. The Morgan fingerprint density at radius 2 is 2.08 bits per heavy atom. The van der Waals surface area contributed by atoms with E-state index in [2.05, 4.69) is 0 Å². The average Bonchev–Trinajstić information content (AvgIpc) is 2.00. The third-order valence-corrected chi connectivity index (χ3v) is 2.21. The molecule has 1 nitrogen and oxygen atoms in total. The number of aliphatic hydroxyl groups excluding tert-OH is 1. The molecule has 3 heteroatoms. The van der Waals surface area contributed by atoms with Gasteiger partial charge < -0.3 is 5.11 Å². The van der Waals surface area contributed by atoms with E-state index in [1.54, 1.807) is 13.0 Å². The van der Waals surface area contributed by atoms with Crippen LogP contribution in [-0.4, -0.2) is 5.11 Å². The molecule has 12 heavy (non-hydrogen) atoms. The molecule has 0 amide bonds. The van der Waals surface area contributed by atoms with Crippen LogP contribution in [0.2, 0.25) is 5.02 Å². The number of benzene rings is 1. The largest absolute Gasteiger partial charge is 0.389 e. The van der Waals surface area contributed by atoms with Crippen molar-refractivity contribution in [3.05, 3.63) is 34.1 Å². The van der Waals surface area contributed by atoms with Crippen LogP contribution in [-0.2, 0) is 0 Å². The van der Waals surface area contributed by atoms with E-state index >= 15 is 0 Å². The van der Waals surface area contributed by atoms with Crippen molar-refractivity contribution in [1.82, 2.24) is 0 Å². The Morgan fingerprint density at radius 3 is 2.58 bits per heavy atom. The molecule has 0 spiro atoms. The van der Waals surface area contributed by atoms with Gasteiger partial charge in [-0.2, -0.15) is 0 Å². The highest BCUT2D eigenvalue weighted by atomic mass is 35.5. The van der Waals surface area contributed by atoms with Crippen LogP contribution in [0, 0.1) is 12.7 Å². The van der Waals surface area contributed by atoms with Crippen molar-refractivity contribution in [1.29, 1.82) is 0 Å². The quantitative estimate of drug-likeness (QED) is 0.719. The maximum absolute atomic E-state index is 13.3. The highest BCUT2D eigenvalue weighted by Crippen LogP contribution is 2.24. The lowest BCUT2D eigenvalue weighted by Gasteiger charge is -2.08. The van der Waals surface area contributed by atoms with E-state index in [1.165, 1.54) is 13.0 Å². The summed E-state index contributed by atoms with van der Waals surface area (Å²) in [5.74, 6) is -0.419. The van der Waals surface area contributed by atoms with E-state index in [9.17, 15) is 4.39 Å². The van der Waals surface area contributed by atoms with Crippen molar-refractivity contribution in [2.75, 3.05) is 0 Å². The van der Waals surface area contributed by atoms with Crippen LogP contribution >= 0.6 is 11.6 Å². The fourth-order valence-electron chi connectivity index (χ4n) is 1.01. The third kappa shape index (κ3) is 1.59. The second-order valence-corrected chi connectivity index (χ2v) is 3.16. The van der Waals surface area contributed by atoms with Crippen LogP contribution in [0.1, 0.15) is 24.2 Å². The predicted octanol–water partition coefficient (Wildman–Crippen LogP) is 2.84. The number of halogens is 2. The molecular formula is C9H10ClFO. The van der Waals surface area contributed by atoms with Crippen molar-refractivity contribution in [2.45, 2.75) is 20.0 Å². The summed E-state index contributed by atoms with van der Waals surface area (Å²) in [7, 11) is 0. The van der Waals surface area contributed by atoms with Crippen LogP contribution < -0.4 is 0 Å². The Hall–Kier alpha value is -0.600. The SMILES string of the molecule is Cc1c(Cl)ccc(C(C)O)c1F. The lowest BCUT2D eigenvalue weighted by molar-refractivity contribution is 0.194. The van der Waals surface area contributed by atoms with Crippen LogP contribution in [0.4, 0.5) is 4.39 Å². The molecule has 0 bridgehead atoms. The van der Waals surface area contributed by atoms with Gasteiger partial charge in [-0.3, -0.25) is 0 Å². The Balaban J connectivity index is 3.27. The molecule has 0 saturated carbocycles. The molecule has 0 aliphatic rings. The standard InChI is InChI=1S/C9H10ClFO/c1-5-8(10)4-3-7(6(2)12)9(5)11/h3-4,6,12H,1-2H3. The first-order valence-corrected chi connectivity index (χ1v) is 4.04. The summed E-state index contributed by atoms with van der Waals surface area (Å²) >= 11 is 5.67. The Labute approximate surface area is 75.8 Å². The van der Waals surface area contributed by atoms with Crippen molar-refractivity contribution in [2.24, 2.45) is 0 Å². The van der Waals surface area contributed by atoms with Crippen molar-refractivity contribution < 1.29 is 9.50 Å². The van der Waals surface area contributed by atoms with Gasteiger partial charge in [0.25, 0.3) is 0 Å². The summed E-state index contributed by atoms with van der Waals surface area (Å²) in [6, 6.07) is 3.08. The molecule has 0 aliphatic heterocycles. The summed E-state index contributed by atoms with van der Waals surface area (Å²) in [4.78, 5) is 0. The summed E-state index contributed by atoms with van der Waals surface area (Å²) in [5.41, 5.74) is 0.673. The van der Waals surface area contributed by atoms with Gasteiger partial charge in [0.1, 0.15) is 5.82 Å². The van der Waals surface area contributed by atoms with E-state index in [1.807, 2.05) is 0 Å². The highest BCUT2D eigenvalue weighted by Gasteiger charge is 2.11. The van der Waals surface area contributed by atoms with Gasteiger partial charge >= 0.3 is 0 Å². The topological polar surface area (TPSA) is 20.2 Å². The molecule has 0 fully saturated rings. The highest BCUT2D eigenvalue weighted by molar-refractivity contribution is 6.31. The van der Waals surface area contributed by atoms with Crippen LogP contribution in [0.5, 0.6) is 0 Å². The smallest absolute Gasteiger partial charge is 0.133 e. The van der Waals surface area contributed by atoms with Crippen molar-refractivity contribution >= 4 is 11.6 Å². The number of hydrogen-bond acceptors (Lipinski definition) is 1. The molecule has 0 radical (unpaired) electrons. The zero-order valence-electron chi connectivity index (χ0n) is 6.94. The summed E-state index contributed by atoms with van der Waals surface area (Å²) in [6.07, 6.45) is -0.791. The molecular weight excluding hydrogens is 179 g/mol. The Kier molecular flexibility index (Phi) is 2.70.